The van der Waals surface area contributed by atoms with Crippen molar-refractivity contribution in [1.29, 1.82) is 0 Å². The predicted octanol–water partition coefficient (Wildman–Crippen LogP) is 1.67. The fourth-order valence-electron chi connectivity index (χ4n) is 1.90. The summed E-state index contributed by atoms with van der Waals surface area (Å²) in [5.41, 5.74) is 7.94. The summed E-state index contributed by atoms with van der Waals surface area (Å²) in [5, 5.41) is 23.9. The molecule has 0 radical (unpaired) electrons. The topological polar surface area (TPSA) is 101 Å². The molecule has 0 aliphatic carbocycles. The van der Waals surface area contributed by atoms with E-state index in [1.54, 1.807) is 12.1 Å². The van der Waals surface area contributed by atoms with Crippen LogP contribution in [-0.4, -0.2) is 25.7 Å². The van der Waals surface area contributed by atoms with Crippen molar-refractivity contribution >= 4 is 5.69 Å². The highest BCUT2D eigenvalue weighted by Crippen LogP contribution is 2.30. The van der Waals surface area contributed by atoms with Crippen molar-refractivity contribution in [2.75, 3.05) is 5.73 Å². The number of nitrogens with two attached hydrogens (primary N) is 1. The molecule has 0 amide bonds. The van der Waals surface area contributed by atoms with Crippen LogP contribution < -0.4 is 5.73 Å². The Kier molecular flexibility index (Phi) is 3.88. The van der Waals surface area contributed by atoms with Crippen LogP contribution in [0.15, 0.2) is 18.2 Å². The maximum absolute atomic E-state index is 10.2. The van der Waals surface area contributed by atoms with E-state index in [-0.39, 0.29) is 0 Å². The lowest BCUT2D eigenvalue weighted by molar-refractivity contribution is 0.165. The number of nitrogens with one attached hydrogen (secondary N) is 1. The van der Waals surface area contributed by atoms with Crippen molar-refractivity contribution < 1.29 is 5.11 Å². The fourth-order valence-corrected chi connectivity index (χ4v) is 1.90. The van der Waals surface area contributed by atoms with Gasteiger partial charge in [0, 0.05) is 11.3 Å². The molecule has 6 heteroatoms. The lowest BCUT2D eigenvalue weighted by Crippen LogP contribution is -2.02. The van der Waals surface area contributed by atoms with Gasteiger partial charge in [-0.25, -0.2) is 5.10 Å². The molecule has 1 unspecified atom stereocenters. The van der Waals surface area contributed by atoms with Gasteiger partial charge in [-0.15, -0.1) is 5.10 Å². The first-order valence-corrected chi connectivity index (χ1v) is 6.04. The van der Waals surface area contributed by atoms with Crippen LogP contribution in [0.1, 0.15) is 37.9 Å². The monoisotopic (exact) mass is 247 g/mol. The number of aliphatic hydroxyl groups excluding tert-OH is 1. The van der Waals surface area contributed by atoms with Crippen LogP contribution in [0.2, 0.25) is 0 Å². The van der Waals surface area contributed by atoms with Gasteiger partial charge in [-0.3, -0.25) is 0 Å². The van der Waals surface area contributed by atoms with E-state index in [2.05, 4.69) is 27.5 Å². The number of benzene rings is 1. The van der Waals surface area contributed by atoms with Crippen molar-refractivity contribution in [2.45, 2.75) is 32.3 Å². The number of aromatic nitrogens is 4. The van der Waals surface area contributed by atoms with Crippen molar-refractivity contribution in [3.63, 3.8) is 0 Å². The Bertz CT molecular complexity index is 497. The molecule has 96 valence electrons. The minimum atomic E-state index is -0.523. The summed E-state index contributed by atoms with van der Waals surface area (Å²) in [7, 11) is 0. The normalized spacial score (nSPS) is 12.6. The molecule has 0 aliphatic rings. The first-order valence-electron chi connectivity index (χ1n) is 6.04. The summed E-state index contributed by atoms with van der Waals surface area (Å²) >= 11 is 0. The molecule has 0 aliphatic heterocycles. The minimum absolute atomic E-state index is 0.521. The Morgan fingerprint density at radius 2 is 2.28 bits per heavy atom. The van der Waals surface area contributed by atoms with Gasteiger partial charge in [0.1, 0.15) is 0 Å². The summed E-state index contributed by atoms with van der Waals surface area (Å²) in [6, 6.07) is 5.37. The molecule has 2 aromatic rings. The largest absolute Gasteiger partial charge is 0.399 e. The van der Waals surface area contributed by atoms with Gasteiger partial charge in [0.25, 0.3) is 0 Å². The first-order chi connectivity index (χ1) is 8.72. The molecule has 0 spiro atoms. The molecular weight excluding hydrogens is 230 g/mol. The second-order valence-electron chi connectivity index (χ2n) is 4.25. The van der Waals surface area contributed by atoms with Crippen LogP contribution in [0.5, 0.6) is 0 Å². The lowest BCUT2D eigenvalue weighted by Gasteiger charge is -2.14. The van der Waals surface area contributed by atoms with Crippen LogP contribution in [0.4, 0.5) is 5.69 Å². The number of nitrogens with zero attached hydrogens (tertiary/aromatic N) is 3. The molecule has 0 bridgehead atoms. The Morgan fingerprint density at radius 3 is 2.94 bits per heavy atom. The molecule has 1 aromatic carbocycles. The highest BCUT2D eigenvalue weighted by Gasteiger charge is 2.15. The zero-order chi connectivity index (χ0) is 13.0. The molecule has 2 rings (SSSR count). The Hall–Kier alpha value is -1.95. The van der Waals surface area contributed by atoms with Gasteiger partial charge < -0.3 is 10.8 Å². The average Bonchev–Trinajstić information content (AvgIpc) is 2.89. The summed E-state index contributed by atoms with van der Waals surface area (Å²) in [4.78, 5) is 0. The quantitative estimate of drug-likeness (QED) is 0.698. The molecule has 0 saturated carbocycles. The van der Waals surface area contributed by atoms with Gasteiger partial charge in [-0.2, -0.15) is 0 Å². The van der Waals surface area contributed by atoms with Crippen molar-refractivity contribution in [1.82, 2.24) is 20.6 Å². The number of anilines is 1. The van der Waals surface area contributed by atoms with E-state index in [0.717, 1.165) is 30.4 Å². The summed E-state index contributed by atoms with van der Waals surface area (Å²) < 4.78 is 0. The van der Waals surface area contributed by atoms with Gasteiger partial charge in [0.2, 0.25) is 0 Å². The van der Waals surface area contributed by atoms with Crippen molar-refractivity contribution in [3.05, 3.63) is 23.8 Å². The predicted molar refractivity (Wildman–Crippen MR) is 68.5 cm³/mol. The van der Waals surface area contributed by atoms with E-state index in [4.69, 9.17) is 5.73 Å². The standard InChI is InChI=1S/C12H17N5O/c1-2-3-4-11(18)9-6-5-8(13)7-10(9)12-14-16-17-15-12/h5-7,11,18H,2-4,13H2,1H3,(H,14,15,16,17). The lowest BCUT2D eigenvalue weighted by atomic mass is 9.97. The van der Waals surface area contributed by atoms with E-state index in [1.807, 2.05) is 6.07 Å². The van der Waals surface area contributed by atoms with E-state index in [1.165, 1.54) is 0 Å². The summed E-state index contributed by atoms with van der Waals surface area (Å²) in [5.74, 6) is 0.521. The molecule has 1 heterocycles. The van der Waals surface area contributed by atoms with Gasteiger partial charge in [-0.1, -0.05) is 25.8 Å². The number of hydrogen-bond donors (Lipinski definition) is 3. The third kappa shape index (κ3) is 2.65. The fraction of sp³-hybridized carbons (Fsp3) is 0.417. The highest BCUT2D eigenvalue weighted by molar-refractivity contribution is 5.65. The molecule has 18 heavy (non-hydrogen) atoms. The zero-order valence-corrected chi connectivity index (χ0v) is 10.3. The third-order valence-electron chi connectivity index (χ3n) is 2.87. The number of aromatic amines is 1. The SMILES string of the molecule is CCCCC(O)c1ccc(N)cc1-c1nnn[nH]1. The summed E-state index contributed by atoms with van der Waals surface area (Å²) in [6.07, 6.45) is 2.21. The van der Waals surface area contributed by atoms with Crippen molar-refractivity contribution in [2.24, 2.45) is 0 Å². The number of H-pyrrole nitrogens is 1. The molecule has 4 N–H and O–H groups in total. The number of tetrazole rings is 1. The second kappa shape index (κ2) is 5.59. The van der Waals surface area contributed by atoms with Crippen molar-refractivity contribution in [3.8, 4) is 11.4 Å². The van der Waals surface area contributed by atoms with E-state index >= 15 is 0 Å². The van der Waals surface area contributed by atoms with Crippen LogP contribution in [0.3, 0.4) is 0 Å². The van der Waals surface area contributed by atoms with Gasteiger partial charge >= 0.3 is 0 Å². The number of unbranched alkanes of at least 4 members (excludes halogenated alkanes) is 1. The Labute approximate surface area is 105 Å². The van der Waals surface area contributed by atoms with Gasteiger partial charge in [0.15, 0.2) is 5.82 Å². The van der Waals surface area contributed by atoms with E-state index in [0.29, 0.717) is 11.5 Å². The van der Waals surface area contributed by atoms with E-state index in [9.17, 15) is 5.11 Å². The molecule has 1 aromatic heterocycles. The summed E-state index contributed by atoms with van der Waals surface area (Å²) in [6.45, 7) is 2.09. The number of aliphatic hydroxyl groups is 1. The molecular formula is C12H17N5O. The minimum Gasteiger partial charge on any atom is -0.399 e. The third-order valence-corrected chi connectivity index (χ3v) is 2.87. The number of hydrogen-bond acceptors (Lipinski definition) is 5. The number of rotatable bonds is 5. The molecule has 0 fully saturated rings. The van der Waals surface area contributed by atoms with Crippen LogP contribution >= 0.6 is 0 Å². The van der Waals surface area contributed by atoms with Gasteiger partial charge in [-0.05, 0) is 34.5 Å². The van der Waals surface area contributed by atoms with Crippen LogP contribution in [-0.2, 0) is 0 Å². The van der Waals surface area contributed by atoms with E-state index < -0.39 is 6.10 Å². The molecule has 0 saturated heterocycles. The smallest absolute Gasteiger partial charge is 0.179 e. The maximum Gasteiger partial charge on any atom is 0.179 e. The first kappa shape index (κ1) is 12.5. The molecule has 6 nitrogen and oxygen atoms in total. The van der Waals surface area contributed by atoms with Gasteiger partial charge in [0.05, 0.1) is 6.10 Å². The average molecular weight is 247 g/mol. The number of nitrogen functional groups attached to an aromatic ring is 1. The Balaban J connectivity index is 2.35. The maximum atomic E-state index is 10.2. The molecule has 1 atom stereocenters. The van der Waals surface area contributed by atoms with Crippen LogP contribution in [0.25, 0.3) is 11.4 Å². The van der Waals surface area contributed by atoms with Crippen LogP contribution in [0, 0.1) is 0 Å². The Morgan fingerprint density at radius 1 is 1.44 bits per heavy atom. The highest BCUT2D eigenvalue weighted by atomic mass is 16.3. The zero-order valence-electron chi connectivity index (χ0n) is 10.3. The second-order valence-corrected chi connectivity index (χ2v) is 4.25.